The van der Waals surface area contributed by atoms with Gasteiger partial charge in [-0.2, -0.15) is 13.2 Å². The predicted octanol–water partition coefficient (Wildman–Crippen LogP) is 2.04. The number of benzene rings is 1. The minimum Gasteiger partial charge on any atom is -0.368 e. The van der Waals surface area contributed by atoms with Gasteiger partial charge in [0.1, 0.15) is 0 Å². The molecule has 1 aliphatic heterocycles. The summed E-state index contributed by atoms with van der Waals surface area (Å²) in [6.07, 6.45) is -5.09. The van der Waals surface area contributed by atoms with Gasteiger partial charge in [-0.25, -0.2) is 0 Å². The first-order valence-corrected chi connectivity index (χ1v) is 4.55. The van der Waals surface area contributed by atoms with Gasteiger partial charge in [-0.1, -0.05) is 11.6 Å². The van der Waals surface area contributed by atoms with Crippen LogP contribution in [-0.4, -0.2) is 17.2 Å². The molecule has 0 aromatic heterocycles. The molecule has 0 saturated carbocycles. The van der Waals surface area contributed by atoms with Crippen LogP contribution in [0.4, 0.5) is 18.9 Å². The largest absolute Gasteiger partial charge is 0.430 e. The zero-order valence-corrected chi connectivity index (χ0v) is 8.36. The SMILES string of the molecule is O=C1Nc2ccc(Cl)cc2[C@]1(O)C(F)(F)F. The molecule has 0 saturated heterocycles. The molecule has 0 bridgehead atoms. The van der Waals surface area contributed by atoms with Crippen LogP contribution in [0.3, 0.4) is 0 Å². The lowest BCUT2D eigenvalue weighted by molar-refractivity contribution is -0.252. The van der Waals surface area contributed by atoms with Gasteiger partial charge in [0, 0.05) is 16.3 Å². The number of hydrogen-bond acceptors (Lipinski definition) is 2. The van der Waals surface area contributed by atoms with Gasteiger partial charge in [0.05, 0.1) is 0 Å². The summed E-state index contributed by atoms with van der Waals surface area (Å²) in [4.78, 5) is 11.2. The zero-order valence-electron chi connectivity index (χ0n) is 7.60. The van der Waals surface area contributed by atoms with Gasteiger partial charge in [0.25, 0.3) is 11.5 Å². The van der Waals surface area contributed by atoms with Crippen LogP contribution in [0.1, 0.15) is 5.56 Å². The molecule has 0 aliphatic carbocycles. The number of fused-ring (bicyclic) bond motifs is 1. The van der Waals surface area contributed by atoms with Crippen molar-refractivity contribution in [2.75, 3.05) is 5.32 Å². The van der Waals surface area contributed by atoms with Crippen LogP contribution >= 0.6 is 11.6 Å². The van der Waals surface area contributed by atoms with E-state index >= 15 is 0 Å². The van der Waals surface area contributed by atoms with Crippen LogP contribution in [-0.2, 0) is 10.4 Å². The number of carbonyl (C=O) groups is 1. The zero-order chi connectivity index (χ0) is 12.1. The van der Waals surface area contributed by atoms with Crippen molar-refractivity contribution in [3.8, 4) is 0 Å². The summed E-state index contributed by atoms with van der Waals surface area (Å²) in [5.74, 6) is -1.52. The van der Waals surface area contributed by atoms with E-state index in [4.69, 9.17) is 11.6 Å². The summed E-state index contributed by atoms with van der Waals surface area (Å²) in [5, 5.41) is 11.4. The van der Waals surface area contributed by atoms with Crippen LogP contribution in [0.15, 0.2) is 18.2 Å². The van der Waals surface area contributed by atoms with Gasteiger partial charge in [0.2, 0.25) is 0 Å². The average molecular weight is 252 g/mol. The van der Waals surface area contributed by atoms with Gasteiger partial charge in [-0.05, 0) is 18.2 Å². The second kappa shape index (κ2) is 3.11. The van der Waals surface area contributed by atoms with Crippen LogP contribution in [0.5, 0.6) is 0 Å². The predicted molar refractivity (Wildman–Crippen MR) is 50.0 cm³/mol. The van der Waals surface area contributed by atoms with E-state index < -0.39 is 23.2 Å². The first-order chi connectivity index (χ1) is 7.26. The number of halogens is 4. The van der Waals surface area contributed by atoms with Gasteiger partial charge >= 0.3 is 6.18 Å². The summed E-state index contributed by atoms with van der Waals surface area (Å²) >= 11 is 5.53. The van der Waals surface area contributed by atoms with Crippen molar-refractivity contribution in [2.45, 2.75) is 11.8 Å². The number of hydrogen-bond donors (Lipinski definition) is 2. The molecule has 7 heteroatoms. The molecule has 0 radical (unpaired) electrons. The van der Waals surface area contributed by atoms with Crippen molar-refractivity contribution in [3.05, 3.63) is 28.8 Å². The lowest BCUT2D eigenvalue weighted by atomic mass is 9.95. The van der Waals surface area contributed by atoms with Crippen molar-refractivity contribution < 1.29 is 23.1 Å². The Hall–Kier alpha value is -1.27. The summed E-state index contributed by atoms with van der Waals surface area (Å²) < 4.78 is 38.0. The molecule has 1 aromatic carbocycles. The minimum atomic E-state index is -5.09. The first kappa shape index (κ1) is 11.2. The standard InChI is InChI=1S/C9H5ClF3NO2/c10-4-1-2-6-5(3-4)8(16,7(15)14-6)9(11,12)13/h1-3,16H,(H,14,15)/t8-/m1/s1. The van der Waals surface area contributed by atoms with Gasteiger partial charge in [-0.3, -0.25) is 4.79 Å². The van der Waals surface area contributed by atoms with Crippen molar-refractivity contribution in [1.82, 2.24) is 0 Å². The molecule has 0 unspecified atom stereocenters. The summed E-state index contributed by atoms with van der Waals surface area (Å²) in [6, 6.07) is 3.45. The molecule has 0 spiro atoms. The maximum atomic E-state index is 12.7. The third kappa shape index (κ3) is 1.30. The number of alkyl halides is 3. The lowest BCUT2D eigenvalue weighted by Gasteiger charge is -2.23. The van der Waals surface area contributed by atoms with Gasteiger partial charge < -0.3 is 10.4 Å². The fourth-order valence-electron chi connectivity index (χ4n) is 1.54. The highest BCUT2D eigenvalue weighted by Crippen LogP contribution is 2.47. The van der Waals surface area contributed by atoms with Crippen molar-refractivity contribution >= 4 is 23.2 Å². The monoisotopic (exact) mass is 251 g/mol. The van der Waals surface area contributed by atoms with E-state index in [1.54, 1.807) is 0 Å². The summed E-state index contributed by atoms with van der Waals surface area (Å²) in [6.45, 7) is 0. The molecular formula is C9H5ClF3NO2. The second-order valence-corrected chi connectivity index (χ2v) is 3.79. The van der Waals surface area contributed by atoms with Crippen LogP contribution in [0, 0.1) is 0 Å². The van der Waals surface area contributed by atoms with Crippen LogP contribution in [0.2, 0.25) is 5.02 Å². The molecule has 1 atom stereocenters. The van der Waals surface area contributed by atoms with E-state index in [9.17, 15) is 23.1 Å². The number of nitrogens with one attached hydrogen (secondary N) is 1. The lowest BCUT2D eigenvalue weighted by Crippen LogP contribution is -2.47. The molecule has 1 aromatic rings. The molecule has 16 heavy (non-hydrogen) atoms. The third-order valence-corrected chi connectivity index (χ3v) is 2.59. The molecular weight excluding hydrogens is 247 g/mol. The Kier molecular flexibility index (Phi) is 2.18. The van der Waals surface area contributed by atoms with E-state index in [1.165, 1.54) is 12.1 Å². The van der Waals surface area contributed by atoms with Crippen molar-refractivity contribution in [3.63, 3.8) is 0 Å². The Bertz CT molecular complexity index is 474. The van der Waals surface area contributed by atoms with E-state index in [-0.39, 0.29) is 10.7 Å². The van der Waals surface area contributed by atoms with Gasteiger partial charge in [-0.15, -0.1) is 0 Å². The number of amides is 1. The highest BCUT2D eigenvalue weighted by Gasteiger charge is 2.64. The second-order valence-electron chi connectivity index (χ2n) is 3.35. The molecule has 86 valence electrons. The van der Waals surface area contributed by atoms with E-state index in [1.807, 2.05) is 5.32 Å². The van der Waals surface area contributed by atoms with E-state index in [0.29, 0.717) is 0 Å². The van der Waals surface area contributed by atoms with E-state index in [2.05, 4.69) is 0 Å². The quantitative estimate of drug-likeness (QED) is 0.741. The Balaban J connectivity index is 2.67. The topological polar surface area (TPSA) is 49.3 Å². The molecule has 2 N–H and O–H groups in total. The maximum Gasteiger partial charge on any atom is 0.430 e. The Morgan fingerprint density at radius 2 is 2.00 bits per heavy atom. The summed E-state index contributed by atoms with van der Waals surface area (Å²) in [5.41, 5.74) is -4.18. The Labute approximate surface area is 92.8 Å². The van der Waals surface area contributed by atoms with Crippen LogP contribution < -0.4 is 5.32 Å². The fourth-order valence-corrected chi connectivity index (χ4v) is 1.71. The Morgan fingerprint density at radius 1 is 1.38 bits per heavy atom. The summed E-state index contributed by atoms with van der Waals surface area (Å²) in [7, 11) is 0. The third-order valence-electron chi connectivity index (χ3n) is 2.36. The number of rotatable bonds is 0. The smallest absolute Gasteiger partial charge is 0.368 e. The first-order valence-electron chi connectivity index (χ1n) is 4.17. The number of anilines is 1. The highest BCUT2D eigenvalue weighted by molar-refractivity contribution is 6.31. The maximum absolute atomic E-state index is 12.7. The molecule has 1 amide bonds. The van der Waals surface area contributed by atoms with E-state index in [0.717, 1.165) is 6.07 Å². The number of carbonyl (C=O) groups excluding carboxylic acids is 1. The molecule has 2 rings (SSSR count). The van der Waals surface area contributed by atoms with Crippen LogP contribution in [0.25, 0.3) is 0 Å². The number of aliphatic hydroxyl groups is 1. The highest BCUT2D eigenvalue weighted by atomic mass is 35.5. The van der Waals surface area contributed by atoms with Gasteiger partial charge in [0.15, 0.2) is 0 Å². The average Bonchev–Trinajstić information content (AvgIpc) is 2.41. The molecule has 0 fully saturated rings. The molecule has 1 heterocycles. The minimum absolute atomic E-state index is 0.0120. The normalized spacial score (nSPS) is 24.2. The van der Waals surface area contributed by atoms with Crippen molar-refractivity contribution in [2.24, 2.45) is 0 Å². The molecule has 3 nitrogen and oxygen atoms in total. The van der Waals surface area contributed by atoms with Crippen molar-refractivity contribution in [1.29, 1.82) is 0 Å². The Morgan fingerprint density at radius 3 is 2.56 bits per heavy atom. The molecule has 1 aliphatic rings. The fraction of sp³-hybridized carbons (Fsp3) is 0.222.